The Morgan fingerprint density at radius 3 is 2.64 bits per heavy atom. The normalized spacial score (nSPS) is 22.9. The van der Waals surface area contributed by atoms with Gasteiger partial charge in [-0.2, -0.15) is 9.97 Å². The maximum absolute atomic E-state index is 17.3. The Bertz CT molecular complexity index is 2070. The van der Waals surface area contributed by atoms with Crippen LogP contribution in [0.1, 0.15) is 65.4 Å². The first-order valence-electron chi connectivity index (χ1n) is 18.8. The van der Waals surface area contributed by atoms with Crippen LogP contribution in [0.15, 0.2) is 48.7 Å². The standard InChI is InChI=1S/C41H49FN6O5/c1-7-26-10-8-11-27-16-30(52-24-50-6)17-31(33(26)27)35-34(42)36-32(19-43-35)37(45-38(44-36)51-23-41-14-9-15-47(41)20-25(2)18-41)46-21-28-12-13-29(22-46)48(28)39(49)53-40(3,4)5/h8,10-11,16-17,19,28-29H,2,7,9,12-15,18,20-24H2,1,3-6H3. The Hall–Kier alpha value is -4.55. The van der Waals surface area contributed by atoms with Crippen molar-refractivity contribution in [2.75, 3.05) is 51.6 Å². The fourth-order valence-electron chi connectivity index (χ4n) is 9.02. The Morgan fingerprint density at radius 1 is 1.11 bits per heavy atom. The van der Waals surface area contributed by atoms with Crippen LogP contribution in [0.25, 0.3) is 32.9 Å². The number of fused-ring (bicyclic) bond motifs is 5. The van der Waals surface area contributed by atoms with Crippen molar-refractivity contribution in [2.24, 2.45) is 0 Å². The van der Waals surface area contributed by atoms with E-state index in [4.69, 9.17) is 33.9 Å². The zero-order valence-corrected chi connectivity index (χ0v) is 31.4. The summed E-state index contributed by atoms with van der Waals surface area (Å²) in [5.74, 6) is 0.544. The van der Waals surface area contributed by atoms with Crippen LogP contribution >= 0.6 is 0 Å². The highest BCUT2D eigenvalue weighted by Crippen LogP contribution is 2.43. The van der Waals surface area contributed by atoms with Gasteiger partial charge in [-0.1, -0.05) is 37.3 Å². The van der Waals surface area contributed by atoms with Gasteiger partial charge in [0.05, 0.1) is 23.0 Å². The van der Waals surface area contributed by atoms with E-state index in [1.165, 1.54) is 5.57 Å². The number of piperazine rings is 1. The average Bonchev–Trinajstić information content (AvgIpc) is 3.75. The highest BCUT2D eigenvalue weighted by Gasteiger charge is 2.47. The lowest BCUT2D eigenvalue weighted by atomic mass is 9.94. The van der Waals surface area contributed by atoms with Crippen molar-refractivity contribution in [1.82, 2.24) is 24.8 Å². The third-order valence-electron chi connectivity index (χ3n) is 11.3. The average molecular weight is 725 g/mol. The van der Waals surface area contributed by atoms with E-state index in [2.05, 4.69) is 29.4 Å². The Balaban J connectivity index is 1.23. The van der Waals surface area contributed by atoms with Gasteiger partial charge >= 0.3 is 12.1 Å². The zero-order valence-electron chi connectivity index (χ0n) is 31.4. The van der Waals surface area contributed by atoms with Crippen molar-refractivity contribution >= 4 is 33.6 Å². The van der Waals surface area contributed by atoms with Crippen LogP contribution in [0.5, 0.6) is 11.8 Å². The number of aromatic nitrogens is 3. The molecule has 4 aliphatic heterocycles. The number of anilines is 1. The fraction of sp³-hybridized carbons (Fsp3) is 0.512. The molecule has 2 bridgehead atoms. The minimum absolute atomic E-state index is 0.0543. The molecule has 8 rings (SSSR count). The molecule has 4 aliphatic rings. The first kappa shape index (κ1) is 35.5. The SMILES string of the molecule is C=C1CN2CCCC2(COc2nc(N3CC4CCC(C3)N4C(=O)OC(C)(C)C)c3cnc(-c4cc(OCOC)cc5cccc(CC)c45)c(F)c3n2)C1. The summed E-state index contributed by atoms with van der Waals surface area (Å²) in [7, 11) is 1.56. The predicted octanol–water partition coefficient (Wildman–Crippen LogP) is 7.29. The number of hydrogen-bond donors (Lipinski definition) is 0. The van der Waals surface area contributed by atoms with E-state index in [1.807, 2.05) is 49.9 Å². The zero-order chi connectivity index (χ0) is 37.1. The maximum atomic E-state index is 17.3. The molecular weight excluding hydrogens is 675 g/mol. The van der Waals surface area contributed by atoms with Gasteiger partial charge < -0.3 is 23.8 Å². The number of rotatable bonds is 9. The highest BCUT2D eigenvalue weighted by molar-refractivity contribution is 6.01. The summed E-state index contributed by atoms with van der Waals surface area (Å²) >= 11 is 0. The van der Waals surface area contributed by atoms with Crippen molar-refractivity contribution < 1.29 is 28.1 Å². The predicted molar refractivity (Wildman–Crippen MR) is 202 cm³/mol. The lowest BCUT2D eigenvalue weighted by molar-refractivity contribution is 0.0122. The molecule has 11 nitrogen and oxygen atoms in total. The number of carbonyl (C=O) groups is 1. The second-order valence-electron chi connectivity index (χ2n) is 16.0. The second kappa shape index (κ2) is 13.7. The number of hydrogen-bond acceptors (Lipinski definition) is 10. The van der Waals surface area contributed by atoms with E-state index >= 15 is 4.39 Å². The summed E-state index contributed by atoms with van der Waals surface area (Å²) in [6.07, 6.45) is 6.78. The van der Waals surface area contributed by atoms with Gasteiger partial charge in [-0.15, -0.1) is 0 Å². The van der Waals surface area contributed by atoms with Crippen LogP contribution in [-0.2, 0) is 15.9 Å². The van der Waals surface area contributed by atoms with Crippen molar-refractivity contribution in [3.63, 3.8) is 0 Å². The Morgan fingerprint density at radius 2 is 1.91 bits per heavy atom. The Kier molecular flexibility index (Phi) is 9.17. The van der Waals surface area contributed by atoms with Crippen LogP contribution in [-0.4, -0.2) is 101 Å². The van der Waals surface area contributed by atoms with E-state index in [0.717, 1.165) is 68.0 Å². The summed E-state index contributed by atoms with van der Waals surface area (Å²) in [6.45, 7) is 15.4. The number of halogens is 1. The molecule has 2 aromatic carbocycles. The van der Waals surface area contributed by atoms with Crippen LogP contribution < -0.4 is 14.4 Å². The number of ether oxygens (including phenoxy) is 4. The van der Waals surface area contributed by atoms with Crippen molar-refractivity contribution in [3.8, 4) is 23.0 Å². The number of benzene rings is 2. The van der Waals surface area contributed by atoms with E-state index in [9.17, 15) is 4.79 Å². The number of pyridine rings is 1. The minimum Gasteiger partial charge on any atom is -0.468 e. The van der Waals surface area contributed by atoms with Crippen LogP contribution in [0, 0.1) is 5.82 Å². The Labute approximate surface area is 310 Å². The third kappa shape index (κ3) is 6.54. The minimum atomic E-state index is -0.595. The van der Waals surface area contributed by atoms with Crippen LogP contribution in [0.4, 0.5) is 15.0 Å². The summed E-state index contributed by atoms with van der Waals surface area (Å²) < 4.78 is 40.7. The van der Waals surface area contributed by atoms with Gasteiger partial charge in [-0.25, -0.2) is 9.18 Å². The molecule has 1 amide bonds. The number of amides is 1. The molecule has 12 heteroatoms. The van der Waals surface area contributed by atoms with Crippen LogP contribution in [0.2, 0.25) is 0 Å². The molecule has 0 N–H and O–H groups in total. The van der Waals surface area contributed by atoms with Gasteiger partial charge in [0, 0.05) is 38.5 Å². The smallest absolute Gasteiger partial charge is 0.410 e. The van der Waals surface area contributed by atoms with Gasteiger partial charge in [-0.3, -0.25) is 14.8 Å². The quantitative estimate of drug-likeness (QED) is 0.129. The van der Waals surface area contributed by atoms with E-state index in [0.29, 0.717) is 42.2 Å². The molecule has 3 unspecified atom stereocenters. The van der Waals surface area contributed by atoms with Gasteiger partial charge in [-0.05, 0) is 94.3 Å². The molecule has 0 spiro atoms. The van der Waals surface area contributed by atoms with Gasteiger partial charge in [0.2, 0.25) is 0 Å². The number of aryl methyl sites for hydroxylation is 1. The first-order chi connectivity index (χ1) is 25.5. The lowest BCUT2D eigenvalue weighted by Crippen LogP contribution is -2.57. The van der Waals surface area contributed by atoms with Crippen molar-refractivity contribution in [2.45, 2.75) is 89.4 Å². The third-order valence-corrected chi connectivity index (χ3v) is 11.3. The molecule has 280 valence electrons. The molecule has 4 fully saturated rings. The molecule has 0 saturated carbocycles. The summed E-state index contributed by atoms with van der Waals surface area (Å²) in [5.41, 5.74) is 2.44. The molecule has 4 saturated heterocycles. The highest BCUT2D eigenvalue weighted by atomic mass is 19.1. The van der Waals surface area contributed by atoms with Crippen molar-refractivity contribution in [3.05, 3.63) is 60.1 Å². The number of methoxy groups -OCH3 is 1. The second-order valence-corrected chi connectivity index (χ2v) is 16.0. The number of carbonyl (C=O) groups excluding carboxylic acids is 1. The largest absolute Gasteiger partial charge is 0.468 e. The van der Waals surface area contributed by atoms with Gasteiger partial charge in [0.25, 0.3) is 0 Å². The maximum Gasteiger partial charge on any atom is 0.410 e. The first-order valence-corrected chi connectivity index (χ1v) is 18.8. The van der Waals surface area contributed by atoms with E-state index in [1.54, 1.807) is 13.3 Å². The molecule has 3 atom stereocenters. The molecule has 2 aromatic heterocycles. The summed E-state index contributed by atoms with van der Waals surface area (Å²) in [6, 6.07) is 9.80. The summed E-state index contributed by atoms with van der Waals surface area (Å²) in [5, 5.41) is 2.32. The number of nitrogens with zero attached hydrogens (tertiary/aromatic N) is 6. The lowest BCUT2D eigenvalue weighted by Gasteiger charge is -2.42. The van der Waals surface area contributed by atoms with Gasteiger partial charge in [0.15, 0.2) is 12.6 Å². The van der Waals surface area contributed by atoms with E-state index in [-0.39, 0.29) is 47.7 Å². The molecular formula is C41H49FN6O5. The fourth-order valence-corrected chi connectivity index (χ4v) is 9.02. The topological polar surface area (TPSA) is 102 Å². The van der Waals surface area contributed by atoms with E-state index < -0.39 is 11.4 Å². The van der Waals surface area contributed by atoms with Gasteiger partial charge in [0.1, 0.15) is 35.0 Å². The molecule has 0 radical (unpaired) electrons. The monoisotopic (exact) mass is 724 g/mol. The van der Waals surface area contributed by atoms with Crippen LogP contribution in [0.3, 0.4) is 0 Å². The van der Waals surface area contributed by atoms with Crippen molar-refractivity contribution in [1.29, 1.82) is 0 Å². The summed E-state index contributed by atoms with van der Waals surface area (Å²) in [4.78, 5) is 34.3. The molecule has 53 heavy (non-hydrogen) atoms. The molecule has 6 heterocycles. The molecule has 0 aliphatic carbocycles. The molecule has 4 aromatic rings.